The summed E-state index contributed by atoms with van der Waals surface area (Å²) in [5.74, 6) is 1.14. The Morgan fingerprint density at radius 3 is 2.75 bits per heavy atom. The molecule has 0 unspecified atom stereocenters. The second kappa shape index (κ2) is 8.43. The van der Waals surface area contributed by atoms with Gasteiger partial charge in [0.1, 0.15) is 0 Å². The van der Waals surface area contributed by atoms with Gasteiger partial charge in [0.15, 0.2) is 0 Å². The number of aromatic nitrogens is 1. The normalized spacial score (nSPS) is 25.5. The van der Waals surface area contributed by atoms with Crippen LogP contribution < -0.4 is 0 Å². The van der Waals surface area contributed by atoms with Gasteiger partial charge in [0, 0.05) is 16.4 Å². The lowest BCUT2D eigenvalue weighted by Crippen LogP contribution is -2.47. The van der Waals surface area contributed by atoms with Gasteiger partial charge in [0.05, 0.1) is 23.9 Å². The molecular weight excluding hydrogens is 388 g/mol. The molecule has 0 bridgehead atoms. The zero-order valence-electron chi connectivity index (χ0n) is 17.2. The van der Waals surface area contributed by atoms with E-state index in [1.807, 2.05) is 17.6 Å². The van der Waals surface area contributed by atoms with Crippen molar-refractivity contribution in [2.75, 3.05) is 19.7 Å². The van der Waals surface area contributed by atoms with Crippen LogP contribution in [0.5, 0.6) is 0 Å². The number of ether oxygens (including phenoxy) is 1. The van der Waals surface area contributed by atoms with Crippen molar-refractivity contribution < 1.29 is 4.74 Å². The van der Waals surface area contributed by atoms with Crippen molar-refractivity contribution in [3.8, 4) is 0 Å². The quantitative estimate of drug-likeness (QED) is 0.597. The lowest BCUT2D eigenvalue weighted by molar-refractivity contribution is -0.131. The zero-order valence-corrected chi connectivity index (χ0v) is 18.7. The zero-order chi connectivity index (χ0) is 19.7. The van der Waals surface area contributed by atoms with Crippen LogP contribution in [-0.2, 0) is 11.3 Å². The summed E-state index contributed by atoms with van der Waals surface area (Å²) in [6, 6.07) is 8.24. The SMILES string of the molecule is Cc1ncsc1CN1CCC2(CC1)CO[C@@H](c1cccc(Cl)c1)[C@H](C(C)C)C2. The Kier molecular flexibility index (Phi) is 6.12. The summed E-state index contributed by atoms with van der Waals surface area (Å²) >= 11 is 8.04. The van der Waals surface area contributed by atoms with Crippen molar-refractivity contribution >= 4 is 22.9 Å². The number of piperidine rings is 1. The number of halogens is 1. The third kappa shape index (κ3) is 4.30. The molecular formula is C23H31ClN2OS. The topological polar surface area (TPSA) is 25.4 Å². The Bertz CT molecular complexity index is 797. The second-order valence-electron chi connectivity index (χ2n) is 9.04. The van der Waals surface area contributed by atoms with Crippen LogP contribution >= 0.6 is 22.9 Å². The summed E-state index contributed by atoms with van der Waals surface area (Å²) in [7, 11) is 0. The molecule has 2 fully saturated rings. The van der Waals surface area contributed by atoms with Crippen molar-refractivity contribution in [2.45, 2.75) is 52.7 Å². The molecule has 1 aromatic carbocycles. The van der Waals surface area contributed by atoms with Crippen molar-refractivity contribution in [2.24, 2.45) is 17.3 Å². The van der Waals surface area contributed by atoms with Gasteiger partial charge in [-0.15, -0.1) is 11.3 Å². The van der Waals surface area contributed by atoms with Gasteiger partial charge in [-0.1, -0.05) is 37.6 Å². The van der Waals surface area contributed by atoms with Crippen LogP contribution in [0, 0.1) is 24.2 Å². The van der Waals surface area contributed by atoms with Gasteiger partial charge in [-0.25, -0.2) is 4.98 Å². The second-order valence-corrected chi connectivity index (χ2v) is 10.4. The summed E-state index contributed by atoms with van der Waals surface area (Å²) in [5.41, 5.74) is 4.73. The molecule has 5 heteroatoms. The van der Waals surface area contributed by atoms with Crippen LogP contribution in [0.4, 0.5) is 0 Å². The van der Waals surface area contributed by atoms with Crippen LogP contribution in [0.25, 0.3) is 0 Å². The summed E-state index contributed by atoms with van der Waals surface area (Å²) in [6.07, 6.45) is 3.89. The van der Waals surface area contributed by atoms with Crippen LogP contribution in [-0.4, -0.2) is 29.6 Å². The molecule has 0 N–H and O–H groups in total. The number of nitrogens with zero attached hydrogens (tertiary/aromatic N) is 2. The molecule has 2 atom stereocenters. The number of aryl methyl sites for hydroxylation is 1. The third-order valence-electron chi connectivity index (χ3n) is 6.79. The maximum Gasteiger partial charge on any atom is 0.0856 e. The van der Waals surface area contributed by atoms with Crippen LogP contribution in [0.15, 0.2) is 29.8 Å². The summed E-state index contributed by atoms with van der Waals surface area (Å²) in [5, 5.41) is 0.801. The fourth-order valence-electron chi connectivity index (χ4n) is 4.88. The Balaban J connectivity index is 1.42. The van der Waals surface area contributed by atoms with E-state index in [0.717, 1.165) is 31.3 Å². The number of hydrogen-bond acceptors (Lipinski definition) is 4. The highest BCUT2D eigenvalue weighted by atomic mass is 35.5. The van der Waals surface area contributed by atoms with Gasteiger partial charge in [0.2, 0.25) is 0 Å². The van der Waals surface area contributed by atoms with Gasteiger partial charge in [-0.05, 0) is 74.2 Å². The molecule has 2 aliphatic rings. The van der Waals surface area contributed by atoms with Gasteiger partial charge in [0.25, 0.3) is 0 Å². The van der Waals surface area contributed by atoms with E-state index in [4.69, 9.17) is 16.3 Å². The van der Waals surface area contributed by atoms with E-state index in [1.54, 1.807) is 11.3 Å². The van der Waals surface area contributed by atoms with E-state index in [9.17, 15) is 0 Å². The molecule has 152 valence electrons. The molecule has 28 heavy (non-hydrogen) atoms. The van der Waals surface area contributed by atoms with Crippen molar-refractivity contribution in [3.05, 3.63) is 50.9 Å². The molecule has 0 aliphatic carbocycles. The molecule has 3 nitrogen and oxygen atoms in total. The predicted octanol–water partition coefficient (Wildman–Crippen LogP) is 6.12. The first kappa shape index (κ1) is 20.3. The lowest BCUT2D eigenvalue weighted by atomic mass is 9.66. The smallest absolute Gasteiger partial charge is 0.0856 e. The van der Waals surface area contributed by atoms with E-state index in [1.165, 1.54) is 35.4 Å². The largest absolute Gasteiger partial charge is 0.373 e. The monoisotopic (exact) mass is 418 g/mol. The lowest BCUT2D eigenvalue weighted by Gasteiger charge is -2.50. The standard InChI is InChI=1S/C23H31ClN2OS/c1-16(2)20-12-23(14-27-22(20)18-5-4-6-19(24)11-18)7-9-26(10-8-23)13-21-17(3)25-15-28-21/h4-6,11,15-16,20,22H,7-10,12-14H2,1-3H3/t20-,22-/m0/s1. The number of likely N-dealkylation sites (tertiary alicyclic amines) is 1. The fraction of sp³-hybridized carbons (Fsp3) is 0.609. The molecule has 2 aliphatic heterocycles. The Morgan fingerprint density at radius 2 is 2.11 bits per heavy atom. The maximum absolute atomic E-state index is 6.56. The minimum Gasteiger partial charge on any atom is -0.373 e. The molecule has 0 amide bonds. The number of rotatable bonds is 4. The molecule has 3 heterocycles. The third-order valence-corrected chi connectivity index (χ3v) is 7.94. The predicted molar refractivity (Wildman–Crippen MR) is 117 cm³/mol. The maximum atomic E-state index is 6.56. The number of thiazole rings is 1. The molecule has 2 saturated heterocycles. The average Bonchev–Trinajstić information content (AvgIpc) is 3.08. The first-order valence-electron chi connectivity index (χ1n) is 10.4. The minimum absolute atomic E-state index is 0.169. The average molecular weight is 419 g/mol. The van der Waals surface area contributed by atoms with E-state index in [2.05, 4.69) is 42.8 Å². The molecule has 0 saturated carbocycles. The summed E-state index contributed by atoms with van der Waals surface area (Å²) < 4.78 is 6.56. The first-order chi connectivity index (χ1) is 13.5. The van der Waals surface area contributed by atoms with Gasteiger partial charge in [-0.2, -0.15) is 0 Å². The van der Waals surface area contributed by atoms with E-state index in [0.29, 0.717) is 17.3 Å². The molecule has 4 rings (SSSR count). The highest BCUT2D eigenvalue weighted by Gasteiger charge is 2.44. The van der Waals surface area contributed by atoms with E-state index >= 15 is 0 Å². The van der Waals surface area contributed by atoms with Gasteiger partial charge < -0.3 is 4.74 Å². The van der Waals surface area contributed by atoms with Crippen LogP contribution in [0.3, 0.4) is 0 Å². The summed E-state index contributed by atoms with van der Waals surface area (Å²) in [6.45, 7) is 11.0. The van der Waals surface area contributed by atoms with Gasteiger partial charge >= 0.3 is 0 Å². The molecule has 1 aromatic heterocycles. The highest BCUT2D eigenvalue weighted by molar-refractivity contribution is 7.09. The van der Waals surface area contributed by atoms with E-state index in [-0.39, 0.29) is 6.10 Å². The van der Waals surface area contributed by atoms with Crippen molar-refractivity contribution in [1.82, 2.24) is 9.88 Å². The van der Waals surface area contributed by atoms with E-state index < -0.39 is 0 Å². The Hall–Kier alpha value is -0.940. The molecule has 2 aromatic rings. The summed E-state index contributed by atoms with van der Waals surface area (Å²) in [4.78, 5) is 8.41. The van der Waals surface area contributed by atoms with Crippen molar-refractivity contribution in [3.63, 3.8) is 0 Å². The number of hydrogen-bond donors (Lipinski definition) is 0. The fourth-order valence-corrected chi connectivity index (χ4v) is 5.90. The molecule has 1 spiro atoms. The minimum atomic E-state index is 0.169. The van der Waals surface area contributed by atoms with Crippen LogP contribution in [0.2, 0.25) is 5.02 Å². The Morgan fingerprint density at radius 1 is 1.32 bits per heavy atom. The highest BCUT2D eigenvalue weighted by Crippen LogP contribution is 2.50. The first-order valence-corrected chi connectivity index (χ1v) is 11.7. The Labute approximate surface area is 178 Å². The van der Waals surface area contributed by atoms with Crippen molar-refractivity contribution in [1.29, 1.82) is 0 Å². The van der Waals surface area contributed by atoms with Crippen LogP contribution in [0.1, 0.15) is 55.3 Å². The molecule has 0 radical (unpaired) electrons. The number of benzene rings is 1. The van der Waals surface area contributed by atoms with Gasteiger partial charge in [-0.3, -0.25) is 4.90 Å².